The van der Waals surface area contributed by atoms with Crippen LogP contribution in [0.3, 0.4) is 0 Å². The lowest BCUT2D eigenvalue weighted by Gasteiger charge is -2.21. The van der Waals surface area contributed by atoms with Gasteiger partial charge in [0, 0.05) is 12.7 Å². The second kappa shape index (κ2) is 6.02. The molecule has 0 saturated carbocycles. The molecule has 1 atom stereocenters. The molecule has 0 heterocycles. The molecular weight excluding hydrogens is 214 g/mol. The number of carbonyl (C=O) groups excluding carboxylic acids is 1. The number of nitrogens with two attached hydrogens (primary N) is 1. The van der Waals surface area contributed by atoms with Crippen LogP contribution >= 0.6 is 0 Å². The minimum Gasteiger partial charge on any atom is -0.320 e. The average molecular weight is 231 g/mol. The number of rotatable bonds is 4. The van der Waals surface area contributed by atoms with E-state index < -0.39 is 6.04 Å². The van der Waals surface area contributed by atoms with Crippen LogP contribution in [0.1, 0.15) is 25.3 Å². The van der Waals surface area contributed by atoms with Gasteiger partial charge < -0.3 is 10.6 Å². The van der Waals surface area contributed by atoms with Gasteiger partial charge in [-0.25, -0.2) is 0 Å². The van der Waals surface area contributed by atoms with Gasteiger partial charge in [0.15, 0.2) is 0 Å². The SMILES string of the molecule is CCC[C@@H](N)C(=O)N(C)c1ccc(C#N)cc1. The average Bonchev–Trinajstić information content (AvgIpc) is 2.37. The van der Waals surface area contributed by atoms with Crippen LogP contribution in [0.15, 0.2) is 24.3 Å². The summed E-state index contributed by atoms with van der Waals surface area (Å²) in [5.41, 5.74) is 7.11. The highest BCUT2D eigenvalue weighted by Crippen LogP contribution is 2.14. The van der Waals surface area contributed by atoms with Gasteiger partial charge in [-0.2, -0.15) is 5.26 Å². The highest BCUT2D eigenvalue weighted by molar-refractivity contribution is 5.96. The van der Waals surface area contributed by atoms with E-state index in [-0.39, 0.29) is 5.91 Å². The minimum atomic E-state index is -0.458. The van der Waals surface area contributed by atoms with E-state index in [1.165, 1.54) is 4.90 Å². The summed E-state index contributed by atoms with van der Waals surface area (Å²) in [5, 5.41) is 8.68. The Kier molecular flexibility index (Phi) is 4.68. The lowest BCUT2D eigenvalue weighted by Crippen LogP contribution is -2.41. The van der Waals surface area contributed by atoms with Gasteiger partial charge in [-0.15, -0.1) is 0 Å². The molecular formula is C13H17N3O. The fourth-order valence-corrected chi connectivity index (χ4v) is 1.57. The number of benzene rings is 1. The summed E-state index contributed by atoms with van der Waals surface area (Å²) in [6, 6.07) is 8.44. The van der Waals surface area contributed by atoms with Gasteiger partial charge in [0.1, 0.15) is 0 Å². The van der Waals surface area contributed by atoms with E-state index in [1.54, 1.807) is 31.3 Å². The summed E-state index contributed by atoms with van der Waals surface area (Å²) >= 11 is 0. The summed E-state index contributed by atoms with van der Waals surface area (Å²) in [6.45, 7) is 1.99. The van der Waals surface area contributed by atoms with Crippen LogP contribution in [-0.4, -0.2) is 19.0 Å². The Morgan fingerprint density at radius 1 is 1.47 bits per heavy atom. The van der Waals surface area contributed by atoms with Crippen molar-refractivity contribution in [2.75, 3.05) is 11.9 Å². The van der Waals surface area contributed by atoms with Crippen molar-refractivity contribution in [3.05, 3.63) is 29.8 Å². The first-order chi connectivity index (χ1) is 8.10. The Morgan fingerprint density at radius 2 is 2.06 bits per heavy atom. The molecule has 2 N–H and O–H groups in total. The molecule has 4 heteroatoms. The Labute approximate surface area is 102 Å². The van der Waals surface area contributed by atoms with Gasteiger partial charge in [-0.3, -0.25) is 4.79 Å². The highest BCUT2D eigenvalue weighted by atomic mass is 16.2. The normalized spacial score (nSPS) is 11.6. The van der Waals surface area contributed by atoms with E-state index in [4.69, 9.17) is 11.0 Å². The van der Waals surface area contributed by atoms with Crippen molar-refractivity contribution >= 4 is 11.6 Å². The van der Waals surface area contributed by atoms with E-state index in [1.807, 2.05) is 13.0 Å². The van der Waals surface area contributed by atoms with E-state index in [9.17, 15) is 4.79 Å². The molecule has 1 aromatic carbocycles. The zero-order valence-electron chi connectivity index (χ0n) is 10.2. The van der Waals surface area contributed by atoms with Gasteiger partial charge in [0.05, 0.1) is 17.7 Å². The van der Waals surface area contributed by atoms with Crippen LogP contribution < -0.4 is 10.6 Å². The molecule has 0 aromatic heterocycles. The fraction of sp³-hybridized carbons (Fsp3) is 0.385. The first kappa shape index (κ1) is 13.2. The molecule has 0 spiro atoms. The topological polar surface area (TPSA) is 70.1 Å². The van der Waals surface area contributed by atoms with Gasteiger partial charge in [-0.1, -0.05) is 13.3 Å². The summed E-state index contributed by atoms with van der Waals surface area (Å²) in [4.78, 5) is 13.5. The Morgan fingerprint density at radius 3 is 2.53 bits per heavy atom. The maximum Gasteiger partial charge on any atom is 0.243 e. The number of nitrogens with zero attached hydrogens (tertiary/aromatic N) is 2. The van der Waals surface area contributed by atoms with Crippen LogP contribution in [0.4, 0.5) is 5.69 Å². The molecule has 0 aliphatic carbocycles. The van der Waals surface area contributed by atoms with Crippen LogP contribution in [0.2, 0.25) is 0 Å². The third kappa shape index (κ3) is 3.30. The summed E-state index contributed by atoms with van der Waals surface area (Å²) in [7, 11) is 1.69. The second-order valence-corrected chi connectivity index (χ2v) is 3.95. The van der Waals surface area contributed by atoms with Crippen molar-refractivity contribution in [1.29, 1.82) is 5.26 Å². The van der Waals surface area contributed by atoms with Crippen LogP contribution in [-0.2, 0) is 4.79 Å². The predicted molar refractivity (Wildman–Crippen MR) is 67.5 cm³/mol. The lowest BCUT2D eigenvalue weighted by atomic mass is 10.1. The molecule has 0 fully saturated rings. The zero-order chi connectivity index (χ0) is 12.8. The largest absolute Gasteiger partial charge is 0.320 e. The monoisotopic (exact) mass is 231 g/mol. The molecule has 0 aliphatic rings. The highest BCUT2D eigenvalue weighted by Gasteiger charge is 2.18. The van der Waals surface area contributed by atoms with Crippen molar-refractivity contribution in [2.24, 2.45) is 5.73 Å². The molecule has 0 bridgehead atoms. The Bertz CT molecular complexity index is 419. The molecule has 0 aliphatic heterocycles. The van der Waals surface area contributed by atoms with Crippen molar-refractivity contribution in [3.8, 4) is 6.07 Å². The summed E-state index contributed by atoms with van der Waals surface area (Å²) < 4.78 is 0. The van der Waals surface area contributed by atoms with Gasteiger partial charge in [0.2, 0.25) is 5.91 Å². The summed E-state index contributed by atoms with van der Waals surface area (Å²) in [6.07, 6.45) is 1.56. The third-order valence-electron chi connectivity index (χ3n) is 2.63. The van der Waals surface area contributed by atoms with E-state index in [0.717, 1.165) is 12.1 Å². The van der Waals surface area contributed by atoms with Crippen LogP contribution in [0, 0.1) is 11.3 Å². The number of anilines is 1. The van der Waals surface area contributed by atoms with Crippen molar-refractivity contribution in [3.63, 3.8) is 0 Å². The Balaban J connectivity index is 2.78. The molecule has 1 rings (SSSR count). The van der Waals surface area contributed by atoms with Crippen LogP contribution in [0.5, 0.6) is 0 Å². The number of amides is 1. The third-order valence-corrected chi connectivity index (χ3v) is 2.63. The van der Waals surface area contributed by atoms with Crippen molar-refractivity contribution < 1.29 is 4.79 Å². The number of hydrogen-bond acceptors (Lipinski definition) is 3. The number of hydrogen-bond donors (Lipinski definition) is 1. The van der Waals surface area contributed by atoms with E-state index >= 15 is 0 Å². The Hall–Kier alpha value is -1.86. The molecule has 0 saturated heterocycles. The molecule has 0 radical (unpaired) electrons. The second-order valence-electron chi connectivity index (χ2n) is 3.95. The number of nitriles is 1. The molecule has 1 aromatic rings. The quantitative estimate of drug-likeness (QED) is 0.856. The molecule has 4 nitrogen and oxygen atoms in total. The van der Waals surface area contributed by atoms with Crippen molar-refractivity contribution in [1.82, 2.24) is 0 Å². The maximum atomic E-state index is 11.9. The predicted octanol–water partition coefficient (Wildman–Crippen LogP) is 1.65. The lowest BCUT2D eigenvalue weighted by molar-refractivity contribution is -0.119. The minimum absolute atomic E-state index is 0.100. The first-order valence-corrected chi connectivity index (χ1v) is 5.63. The molecule has 17 heavy (non-hydrogen) atoms. The summed E-state index contributed by atoms with van der Waals surface area (Å²) in [5.74, 6) is -0.100. The number of carbonyl (C=O) groups is 1. The zero-order valence-corrected chi connectivity index (χ0v) is 10.2. The van der Waals surface area contributed by atoms with Gasteiger partial charge in [0.25, 0.3) is 0 Å². The maximum absolute atomic E-state index is 11.9. The standard InChI is InChI=1S/C13H17N3O/c1-3-4-12(15)13(17)16(2)11-7-5-10(9-14)6-8-11/h5-8,12H,3-4,15H2,1-2H3/t12-/m1/s1. The molecule has 1 amide bonds. The van der Waals surface area contributed by atoms with Gasteiger partial charge in [-0.05, 0) is 30.7 Å². The van der Waals surface area contributed by atoms with Gasteiger partial charge >= 0.3 is 0 Å². The molecule has 90 valence electrons. The van der Waals surface area contributed by atoms with E-state index in [2.05, 4.69) is 0 Å². The fourth-order valence-electron chi connectivity index (χ4n) is 1.57. The van der Waals surface area contributed by atoms with E-state index in [0.29, 0.717) is 12.0 Å². The first-order valence-electron chi connectivity index (χ1n) is 5.63. The number of likely N-dealkylation sites (N-methyl/N-ethyl adjacent to an activating group) is 1. The van der Waals surface area contributed by atoms with Crippen LogP contribution in [0.25, 0.3) is 0 Å². The molecule has 0 unspecified atom stereocenters. The van der Waals surface area contributed by atoms with Crippen molar-refractivity contribution in [2.45, 2.75) is 25.8 Å². The smallest absolute Gasteiger partial charge is 0.243 e.